The topological polar surface area (TPSA) is 50.9 Å². The Morgan fingerprint density at radius 2 is 1.69 bits per heavy atom. The van der Waals surface area contributed by atoms with Crippen LogP contribution in [0.25, 0.3) is 0 Å². The third-order valence-corrected chi connectivity index (χ3v) is 6.51. The lowest BCUT2D eigenvalue weighted by atomic mass is 10.0. The minimum atomic E-state index is -0.271. The van der Waals surface area contributed by atoms with Crippen LogP contribution in [-0.2, 0) is 0 Å². The molecular weight excluding hydrogens is 465 g/mol. The second kappa shape index (κ2) is 11.4. The first-order valence-corrected chi connectivity index (χ1v) is 12.1. The summed E-state index contributed by atoms with van der Waals surface area (Å²) in [6.45, 7) is 3.77. The smallest absolute Gasteiger partial charge is 0.319 e. The van der Waals surface area contributed by atoms with Crippen molar-refractivity contribution in [2.75, 3.05) is 61.9 Å². The number of benzene rings is 3. The van der Waals surface area contributed by atoms with Crippen LogP contribution in [0, 0.1) is 5.82 Å². The first-order valence-electron chi connectivity index (χ1n) is 11.7. The maximum Gasteiger partial charge on any atom is 0.319 e. The molecule has 1 aliphatic rings. The molecule has 0 bridgehead atoms. The number of nitrogens with one attached hydrogen (secondary N) is 2. The van der Waals surface area contributed by atoms with Gasteiger partial charge in [-0.2, -0.15) is 0 Å². The van der Waals surface area contributed by atoms with Gasteiger partial charge in [-0.15, -0.1) is 0 Å². The highest BCUT2D eigenvalue weighted by atomic mass is 35.5. The molecule has 6 nitrogen and oxygen atoms in total. The van der Waals surface area contributed by atoms with E-state index >= 15 is 0 Å². The molecule has 184 valence electrons. The standard InChI is InChI=1S/C27H31ClFN5O/c1-32(2)24-10-6-20(7-11-24)26(19-30-27(35)31-23-5-3-4-21(28)18-23)34-16-14-33(15-17-34)25-12-8-22(29)9-13-25/h3-13,18,26H,14-17,19H2,1-2H3,(H2,30,31,35). The molecule has 4 rings (SSSR count). The molecule has 1 heterocycles. The summed E-state index contributed by atoms with van der Waals surface area (Å²) in [4.78, 5) is 19.3. The van der Waals surface area contributed by atoms with E-state index in [1.165, 1.54) is 12.1 Å². The molecule has 1 unspecified atom stereocenters. The van der Waals surface area contributed by atoms with Crippen molar-refractivity contribution in [2.45, 2.75) is 6.04 Å². The Hall–Kier alpha value is -3.29. The van der Waals surface area contributed by atoms with E-state index in [2.05, 4.69) is 49.6 Å². The van der Waals surface area contributed by atoms with Crippen molar-refractivity contribution in [3.05, 3.63) is 89.2 Å². The van der Waals surface area contributed by atoms with Gasteiger partial charge >= 0.3 is 6.03 Å². The predicted molar refractivity (Wildman–Crippen MR) is 142 cm³/mol. The second-order valence-electron chi connectivity index (χ2n) is 8.85. The summed E-state index contributed by atoms with van der Waals surface area (Å²) in [7, 11) is 4.03. The van der Waals surface area contributed by atoms with Crippen LogP contribution >= 0.6 is 11.6 Å². The normalized spacial score (nSPS) is 14.9. The Kier molecular flexibility index (Phi) is 8.10. The molecule has 0 saturated carbocycles. The number of anilines is 3. The summed E-state index contributed by atoms with van der Waals surface area (Å²) in [5.74, 6) is -0.226. The third kappa shape index (κ3) is 6.65. The molecule has 0 spiro atoms. The minimum absolute atomic E-state index is 0.0201. The molecule has 0 aliphatic carbocycles. The summed E-state index contributed by atoms with van der Waals surface area (Å²) in [6, 6.07) is 21.9. The van der Waals surface area contributed by atoms with Crippen molar-refractivity contribution in [3.8, 4) is 0 Å². The van der Waals surface area contributed by atoms with Crippen molar-refractivity contribution in [2.24, 2.45) is 0 Å². The number of carbonyl (C=O) groups excluding carboxylic acids is 1. The number of halogens is 2. The summed E-state index contributed by atoms with van der Waals surface area (Å²) in [5, 5.41) is 6.45. The zero-order valence-corrected chi connectivity index (χ0v) is 20.8. The van der Waals surface area contributed by atoms with Gasteiger partial charge < -0.3 is 20.4 Å². The minimum Gasteiger partial charge on any atom is -0.378 e. The fourth-order valence-electron chi connectivity index (χ4n) is 4.33. The van der Waals surface area contributed by atoms with Gasteiger partial charge in [0.25, 0.3) is 0 Å². The number of hydrogen-bond donors (Lipinski definition) is 2. The molecule has 1 aliphatic heterocycles. The highest BCUT2D eigenvalue weighted by molar-refractivity contribution is 6.30. The van der Waals surface area contributed by atoms with Crippen LogP contribution in [0.2, 0.25) is 5.02 Å². The average molecular weight is 496 g/mol. The first-order chi connectivity index (χ1) is 16.9. The van der Waals surface area contributed by atoms with Gasteiger partial charge in [-0.1, -0.05) is 29.8 Å². The molecule has 8 heteroatoms. The van der Waals surface area contributed by atoms with E-state index in [1.807, 2.05) is 26.2 Å². The van der Waals surface area contributed by atoms with Gasteiger partial charge in [-0.25, -0.2) is 9.18 Å². The van der Waals surface area contributed by atoms with Gasteiger partial charge in [0.1, 0.15) is 5.82 Å². The molecule has 3 aromatic rings. The average Bonchev–Trinajstić information content (AvgIpc) is 2.85. The van der Waals surface area contributed by atoms with E-state index in [9.17, 15) is 9.18 Å². The highest BCUT2D eigenvalue weighted by Gasteiger charge is 2.26. The van der Waals surface area contributed by atoms with Gasteiger partial charge in [0.2, 0.25) is 0 Å². The number of hydrogen-bond acceptors (Lipinski definition) is 4. The van der Waals surface area contributed by atoms with Crippen LogP contribution < -0.4 is 20.4 Å². The molecular formula is C27H31ClFN5O. The van der Waals surface area contributed by atoms with Gasteiger partial charge in [0.15, 0.2) is 0 Å². The van der Waals surface area contributed by atoms with Crippen molar-refractivity contribution >= 4 is 34.7 Å². The van der Waals surface area contributed by atoms with Crippen molar-refractivity contribution < 1.29 is 9.18 Å². The number of piperazine rings is 1. The largest absolute Gasteiger partial charge is 0.378 e. The van der Waals surface area contributed by atoms with E-state index in [1.54, 1.807) is 24.3 Å². The van der Waals surface area contributed by atoms with Crippen LogP contribution in [-0.4, -0.2) is 57.8 Å². The lowest BCUT2D eigenvalue weighted by molar-refractivity contribution is 0.182. The zero-order chi connectivity index (χ0) is 24.8. The molecule has 0 aromatic heterocycles. The number of nitrogens with zero attached hydrogens (tertiary/aromatic N) is 3. The Labute approximate surface area is 211 Å². The zero-order valence-electron chi connectivity index (χ0n) is 20.0. The Morgan fingerprint density at radius 1 is 1.00 bits per heavy atom. The Bertz CT molecular complexity index is 1120. The quantitative estimate of drug-likeness (QED) is 0.471. The summed E-state index contributed by atoms with van der Waals surface area (Å²) in [5.41, 5.74) is 3.95. The van der Waals surface area contributed by atoms with E-state index in [-0.39, 0.29) is 17.9 Å². The van der Waals surface area contributed by atoms with E-state index in [0.29, 0.717) is 17.3 Å². The van der Waals surface area contributed by atoms with Gasteiger partial charge in [0, 0.05) is 68.9 Å². The lowest BCUT2D eigenvalue weighted by Crippen LogP contribution is -2.50. The fraction of sp³-hybridized carbons (Fsp3) is 0.296. The van der Waals surface area contributed by atoms with E-state index in [4.69, 9.17) is 11.6 Å². The molecule has 0 radical (unpaired) electrons. The monoisotopic (exact) mass is 495 g/mol. The van der Waals surface area contributed by atoms with Crippen LogP contribution in [0.4, 0.5) is 26.2 Å². The van der Waals surface area contributed by atoms with Gasteiger partial charge in [-0.05, 0) is 60.2 Å². The molecule has 1 saturated heterocycles. The van der Waals surface area contributed by atoms with Crippen LogP contribution in [0.3, 0.4) is 0 Å². The summed E-state index contributed by atoms with van der Waals surface area (Å²) < 4.78 is 13.3. The number of rotatable bonds is 7. The number of carbonyl (C=O) groups is 1. The number of urea groups is 1. The maximum absolute atomic E-state index is 13.3. The maximum atomic E-state index is 13.3. The summed E-state index contributed by atoms with van der Waals surface area (Å²) in [6.07, 6.45) is 0. The van der Waals surface area contributed by atoms with Gasteiger partial charge in [0.05, 0.1) is 6.04 Å². The van der Waals surface area contributed by atoms with Crippen LogP contribution in [0.15, 0.2) is 72.8 Å². The molecule has 2 N–H and O–H groups in total. The lowest BCUT2D eigenvalue weighted by Gasteiger charge is -2.40. The first kappa shape index (κ1) is 24.8. The van der Waals surface area contributed by atoms with Crippen LogP contribution in [0.1, 0.15) is 11.6 Å². The Morgan fingerprint density at radius 3 is 2.31 bits per heavy atom. The molecule has 3 aromatic carbocycles. The number of amides is 2. The van der Waals surface area contributed by atoms with Crippen LogP contribution in [0.5, 0.6) is 0 Å². The highest BCUT2D eigenvalue weighted by Crippen LogP contribution is 2.26. The second-order valence-corrected chi connectivity index (χ2v) is 9.28. The Balaban J connectivity index is 1.44. The van der Waals surface area contributed by atoms with Crippen molar-refractivity contribution in [1.82, 2.24) is 10.2 Å². The third-order valence-electron chi connectivity index (χ3n) is 6.28. The van der Waals surface area contributed by atoms with Gasteiger partial charge in [-0.3, -0.25) is 4.90 Å². The van der Waals surface area contributed by atoms with E-state index < -0.39 is 0 Å². The molecule has 1 fully saturated rings. The molecule has 35 heavy (non-hydrogen) atoms. The molecule has 2 amide bonds. The SMILES string of the molecule is CN(C)c1ccc(C(CNC(=O)Nc2cccc(Cl)c2)N2CCN(c3ccc(F)cc3)CC2)cc1. The predicted octanol–water partition coefficient (Wildman–Crippen LogP) is 5.23. The van der Waals surface area contributed by atoms with E-state index in [0.717, 1.165) is 43.1 Å². The van der Waals surface area contributed by atoms with Crippen molar-refractivity contribution in [3.63, 3.8) is 0 Å². The molecule has 1 atom stereocenters. The fourth-order valence-corrected chi connectivity index (χ4v) is 4.52. The summed E-state index contributed by atoms with van der Waals surface area (Å²) >= 11 is 6.03. The van der Waals surface area contributed by atoms with Crippen molar-refractivity contribution in [1.29, 1.82) is 0 Å².